The highest BCUT2D eigenvalue weighted by Gasteiger charge is 2.12. The van der Waals surface area contributed by atoms with E-state index in [4.69, 9.17) is 19.0 Å². The second-order valence-corrected chi connectivity index (χ2v) is 9.28. The van der Waals surface area contributed by atoms with Crippen molar-refractivity contribution in [1.82, 2.24) is 4.98 Å². The lowest BCUT2D eigenvalue weighted by Crippen LogP contribution is -2.09. The Bertz CT molecular complexity index is 1320. The van der Waals surface area contributed by atoms with E-state index in [0.717, 1.165) is 43.7 Å². The molecular formula is C28H27NO5S. The lowest BCUT2D eigenvalue weighted by molar-refractivity contribution is -0.139. The molecule has 0 saturated carbocycles. The van der Waals surface area contributed by atoms with Gasteiger partial charge in [0.05, 0.1) is 12.3 Å². The molecule has 0 spiro atoms. The van der Waals surface area contributed by atoms with Crippen LogP contribution in [0.4, 0.5) is 0 Å². The van der Waals surface area contributed by atoms with Crippen molar-refractivity contribution in [2.45, 2.75) is 37.0 Å². The minimum Gasteiger partial charge on any atom is -0.493 e. The molecule has 0 aliphatic carbocycles. The van der Waals surface area contributed by atoms with Gasteiger partial charge in [-0.25, -0.2) is 9.78 Å². The number of ether oxygens (including phenoxy) is 2. The normalized spacial score (nSPS) is 10.8. The third-order valence-corrected chi connectivity index (χ3v) is 6.36. The van der Waals surface area contributed by atoms with Crippen LogP contribution in [0.5, 0.6) is 11.5 Å². The summed E-state index contributed by atoms with van der Waals surface area (Å²) in [5.41, 5.74) is 3.79. The summed E-state index contributed by atoms with van der Waals surface area (Å²) in [5.74, 6) is 1.89. The first-order valence-corrected chi connectivity index (χ1v) is 12.1. The number of aryl methyl sites for hydroxylation is 3. The zero-order chi connectivity index (χ0) is 24.8. The van der Waals surface area contributed by atoms with Crippen molar-refractivity contribution in [3.05, 3.63) is 89.3 Å². The monoisotopic (exact) mass is 489 g/mol. The van der Waals surface area contributed by atoms with Gasteiger partial charge in [-0.3, -0.25) is 0 Å². The van der Waals surface area contributed by atoms with Crippen LogP contribution in [-0.4, -0.2) is 29.3 Å². The number of hydrogen-bond acceptors (Lipinski definition) is 6. The predicted molar refractivity (Wildman–Crippen MR) is 135 cm³/mol. The summed E-state index contributed by atoms with van der Waals surface area (Å²) in [4.78, 5) is 17.4. The molecule has 3 aromatic carbocycles. The van der Waals surface area contributed by atoms with Crippen LogP contribution in [0.25, 0.3) is 11.5 Å². The summed E-state index contributed by atoms with van der Waals surface area (Å²) < 4.78 is 17.3. The molecule has 0 amide bonds. The molecule has 1 heterocycles. The molecule has 0 radical (unpaired) electrons. The molecule has 4 rings (SSSR count). The predicted octanol–water partition coefficient (Wildman–Crippen LogP) is 6.50. The van der Waals surface area contributed by atoms with Crippen molar-refractivity contribution in [2.75, 3.05) is 13.2 Å². The Balaban J connectivity index is 1.34. The first kappa shape index (κ1) is 24.4. The molecule has 35 heavy (non-hydrogen) atoms. The van der Waals surface area contributed by atoms with Crippen molar-refractivity contribution in [3.8, 4) is 23.0 Å². The second kappa shape index (κ2) is 11.1. The van der Waals surface area contributed by atoms with E-state index in [1.807, 2.05) is 75.4 Å². The third-order valence-electron chi connectivity index (χ3n) is 5.38. The summed E-state index contributed by atoms with van der Waals surface area (Å²) >= 11 is 1.63. The van der Waals surface area contributed by atoms with Gasteiger partial charge in [0, 0.05) is 21.8 Å². The van der Waals surface area contributed by atoms with E-state index in [9.17, 15) is 4.79 Å². The van der Waals surface area contributed by atoms with Crippen LogP contribution in [0.3, 0.4) is 0 Å². The van der Waals surface area contributed by atoms with Gasteiger partial charge in [-0.15, -0.1) is 0 Å². The van der Waals surface area contributed by atoms with Gasteiger partial charge in [0.1, 0.15) is 17.3 Å². The van der Waals surface area contributed by atoms with Crippen molar-refractivity contribution in [1.29, 1.82) is 0 Å². The zero-order valence-corrected chi connectivity index (χ0v) is 20.7. The molecule has 0 aliphatic heterocycles. The minimum absolute atomic E-state index is 0.349. The highest BCUT2D eigenvalue weighted by molar-refractivity contribution is 7.99. The van der Waals surface area contributed by atoms with Gasteiger partial charge in [0.25, 0.3) is 0 Å². The second-order valence-electron chi connectivity index (χ2n) is 8.13. The maximum Gasteiger partial charge on any atom is 0.341 e. The number of carboxylic acids is 1. The van der Waals surface area contributed by atoms with Gasteiger partial charge < -0.3 is 19.0 Å². The molecule has 0 fully saturated rings. The van der Waals surface area contributed by atoms with Crippen LogP contribution in [0.1, 0.15) is 22.6 Å². The number of rotatable bonds is 10. The summed E-state index contributed by atoms with van der Waals surface area (Å²) in [5, 5.41) is 8.78. The lowest BCUT2D eigenvalue weighted by Gasteiger charge is -2.11. The Morgan fingerprint density at radius 3 is 2.14 bits per heavy atom. The minimum atomic E-state index is -0.992. The van der Waals surface area contributed by atoms with E-state index in [1.54, 1.807) is 17.8 Å². The van der Waals surface area contributed by atoms with E-state index < -0.39 is 5.97 Å². The van der Waals surface area contributed by atoms with Crippen molar-refractivity contribution in [3.63, 3.8) is 0 Å². The van der Waals surface area contributed by atoms with Crippen LogP contribution in [0.15, 0.2) is 80.9 Å². The van der Waals surface area contributed by atoms with Crippen LogP contribution in [-0.2, 0) is 11.2 Å². The van der Waals surface area contributed by atoms with Crippen molar-refractivity contribution >= 4 is 17.7 Å². The topological polar surface area (TPSA) is 81.8 Å². The van der Waals surface area contributed by atoms with Gasteiger partial charge >= 0.3 is 5.97 Å². The van der Waals surface area contributed by atoms with E-state index in [-0.39, 0.29) is 6.61 Å². The average Bonchev–Trinajstić information content (AvgIpc) is 3.21. The molecular weight excluding hydrogens is 462 g/mol. The smallest absolute Gasteiger partial charge is 0.341 e. The van der Waals surface area contributed by atoms with E-state index >= 15 is 0 Å². The SMILES string of the molecule is Cc1cc(Sc2ccc(OCC(=O)O)c(C)c2)ccc1OCCc1oc(-c2ccccc2)nc1C. The van der Waals surface area contributed by atoms with Gasteiger partial charge in [0.15, 0.2) is 6.61 Å². The molecule has 1 aromatic heterocycles. The molecule has 1 N–H and O–H groups in total. The molecule has 0 atom stereocenters. The van der Waals surface area contributed by atoms with E-state index in [0.29, 0.717) is 24.7 Å². The largest absolute Gasteiger partial charge is 0.493 e. The highest BCUT2D eigenvalue weighted by atomic mass is 32.2. The van der Waals surface area contributed by atoms with Crippen molar-refractivity contribution in [2.24, 2.45) is 0 Å². The first-order valence-electron chi connectivity index (χ1n) is 11.3. The molecule has 0 bridgehead atoms. The highest BCUT2D eigenvalue weighted by Crippen LogP contribution is 2.33. The molecule has 4 aromatic rings. The van der Waals surface area contributed by atoms with Gasteiger partial charge in [0.2, 0.25) is 5.89 Å². The summed E-state index contributed by atoms with van der Waals surface area (Å²) in [6.07, 6.45) is 0.636. The number of carboxylic acid groups (broad SMARTS) is 1. The number of benzene rings is 3. The fourth-order valence-electron chi connectivity index (χ4n) is 3.59. The van der Waals surface area contributed by atoms with Gasteiger partial charge in [-0.2, -0.15) is 0 Å². The number of oxazole rings is 1. The summed E-state index contributed by atoms with van der Waals surface area (Å²) in [6, 6.07) is 21.7. The van der Waals surface area contributed by atoms with E-state index in [2.05, 4.69) is 11.1 Å². The molecule has 6 nitrogen and oxygen atoms in total. The molecule has 0 aliphatic rings. The van der Waals surface area contributed by atoms with Crippen LogP contribution in [0, 0.1) is 20.8 Å². The fourth-order valence-corrected chi connectivity index (χ4v) is 4.60. The fraction of sp³-hybridized carbons (Fsp3) is 0.214. The standard InChI is InChI=1S/C28H27NO5S/c1-18-15-22(35-23-10-12-25(19(2)16-23)33-17-27(30)31)9-11-24(18)32-14-13-26-20(3)29-28(34-26)21-7-5-4-6-8-21/h4-12,15-16H,13-14,17H2,1-3H3,(H,30,31). The Hall–Kier alpha value is -3.71. The number of aliphatic carboxylic acids is 1. The quantitative estimate of drug-likeness (QED) is 0.272. The first-order chi connectivity index (χ1) is 16.9. The average molecular weight is 490 g/mol. The lowest BCUT2D eigenvalue weighted by atomic mass is 10.2. The van der Waals surface area contributed by atoms with E-state index in [1.165, 1.54) is 0 Å². The summed E-state index contributed by atoms with van der Waals surface area (Å²) in [6.45, 7) is 6.03. The number of hydrogen-bond donors (Lipinski definition) is 1. The maximum absolute atomic E-state index is 10.7. The van der Waals surface area contributed by atoms with Gasteiger partial charge in [-0.05, 0) is 80.4 Å². The Morgan fingerprint density at radius 2 is 1.54 bits per heavy atom. The van der Waals surface area contributed by atoms with Crippen molar-refractivity contribution < 1.29 is 23.8 Å². The Kier molecular flexibility index (Phi) is 7.77. The molecule has 7 heteroatoms. The molecule has 0 saturated heterocycles. The Labute approximate surface area is 208 Å². The zero-order valence-electron chi connectivity index (χ0n) is 19.9. The third kappa shape index (κ3) is 6.45. The van der Waals surface area contributed by atoms with Gasteiger partial charge in [-0.1, -0.05) is 30.0 Å². The van der Waals surface area contributed by atoms with Crippen LogP contribution >= 0.6 is 11.8 Å². The maximum atomic E-state index is 10.7. The number of carbonyl (C=O) groups is 1. The Morgan fingerprint density at radius 1 is 0.914 bits per heavy atom. The molecule has 180 valence electrons. The molecule has 0 unspecified atom stereocenters. The summed E-state index contributed by atoms with van der Waals surface area (Å²) in [7, 11) is 0. The number of aromatic nitrogens is 1. The van der Waals surface area contributed by atoms with Crippen LogP contribution < -0.4 is 9.47 Å². The van der Waals surface area contributed by atoms with Crippen LogP contribution in [0.2, 0.25) is 0 Å². The number of nitrogens with zero attached hydrogens (tertiary/aromatic N) is 1.